The number of carbonyl (C=O) groups is 1. The summed E-state index contributed by atoms with van der Waals surface area (Å²) in [4.78, 5) is 19.4. The quantitative estimate of drug-likeness (QED) is 0.537. The van der Waals surface area contributed by atoms with Crippen molar-refractivity contribution in [1.82, 2.24) is 20.4 Å². The van der Waals surface area contributed by atoms with Gasteiger partial charge in [0.1, 0.15) is 5.82 Å². The molecule has 7 heteroatoms. The highest BCUT2D eigenvalue weighted by Crippen LogP contribution is 2.21. The van der Waals surface area contributed by atoms with E-state index in [-0.39, 0.29) is 17.6 Å². The molecule has 32 heavy (non-hydrogen) atoms. The van der Waals surface area contributed by atoms with E-state index in [1.807, 2.05) is 31.2 Å². The Morgan fingerprint density at radius 2 is 1.97 bits per heavy atom. The number of carbonyl (C=O) groups excluding carboxylic acids is 1. The number of nitrogens with zero attached hydrogens (tertiary/aromatic N) is 3. The zero-order chi connectivity index (χ0) is 22.3. The predicted molar refractivity (Wildman–Crippen MR) is 120 cm³/mol. The Balaban J connectivity index is 1.23. The van der Waals surface area contributed by atoms with Gasteiger partial charge in [-0.05, 0) is 56.8 Å². The number of nitrogens with one attached hydrogen (secondary N) is 1. The Kier molecular flexibility index (Phi) is 7.27. The molecule has 2 heterocycles. The molecule has 1 fully saturated rings. The Morgan fingerprint density at radius 3 is 2.75 bits per heavy atom. The third-order valence-corrected chi connectivity index (χ3v) is 5.87. The van der Waals surface area contributed by atoms with Crippen LogP contribution in [0.4, 0.5) is 4.39 Å². The fourth-order valence-electron chi connectivity index (χ4n) is 4.04. The van der Waals surface area contributed by atoms with Gasteiger partial charge in [0.2, 0.25) is 17.6 Å². The van der Waals surface area contributed by atoms with Crippen LogP contribution < -0.4 is 5.32 Å². The lowest BCUT2D eigenvalue weighted by molar-refractivity contribution is -0.126. The van der Waals surface area contributed by atoms with Crippen LogP contribution in [-0.2, 0) is 17.8 Å². The molecule has 1 unspecified atom stereocenters. The van der Waals surface area contributed by atoms with Gasteiger partial charge in [-0.25, -0.2) is 4.39 Å². The number of aryl methyl sites for hydroxylation is 2. The van der Waals surface area contributed by atoms with Crippen molar-refractivity contribution in [2.24, 2.45) is 5.92 Å². The number of hydrogen-bond donors (Lipinski definition) is 1. The number of piperidine rings is 1. The molecule has 2 aromatic carbocycles. The molecule has 0 aliphatic carbocycles. The molecule has 6 nitrogen and oxygen atoms in total. The van der Waals surface area contributed by atoms with Crippen molar-refractivity contribution >= 4 is 5.91 Å². The van der Waals surface area contributed by atoms with Gasteiger partial charge in [-0.1, -0.05) is 47.1 Å². The van der Waals surface area contributed by atoms with E-state index in [1.54, 1.807) is 12.1 Å². The molecule has 1 atom stereocenters. The summed E-state index contributed by atoms with van der Waals surface area (Å²) in [6.45, 7) is 4.81. The van der Waals surface area contributed by atoms with Crippen LogP contribution in [0.5, 0.6) is 0 Å². The number of aromatic nitrogens is 2. The molecule has 0 radical (unpaired) electrons. The zero-order valence-electron chi connectivity index (χ0n) is 18.4. The highest BCUT2D eigenvalue weighted by molar-refractivity contribution is 5.78. The van der Waals surface area contributed by atoms with E-state index < -0.39 is 0 Å². The van der Waals surface area contributed by atoms with Crippen LogP contribution in [0.3, 0.4) is 0 Å². The first-order valence-corrected chi connectivity index (χ1v) is 11.2. The summed E-state index contributed by atoms with van der Waals surface area (Å²) in [5.41, 5.74) is 3.20. The maximum Gasteiger partial charge on any atom is 0.241 e. The minimum Gasteiger partial charge on any atom is -0.356 e. The Hall–Kier alpha value is -3.06. The van der Waals surface area contributed by atoms with Crippen LogP contribution >= 0.6 is 0 Å². The van der Waals surface area contributed by atoms with Crippen molar-refractivity contribution in [3.8, 4) is 11.4 Å². The summed E-state index contributed by atoms with van der Waals surface area (Å²) in [5.74, 6) is 0.998. The molecule has 1 N–H and O–H groups in total. The van der Waals surface area contributed by atoms with Gasteiger partial charge in [0.25, 0.3) is 0 Å². The van der Waals surface area contributed by atoms with Crippen molar-refractivity contribution in [3.63, 3.8) is 0 Å². The van der Waals surface area contributed by atoms with Gasteiger partial charge >= 0.3 is 0 Å². The molecule has 1 aliphatic rings. The lowest BCUT2D eigenvalue weighted by atomic mass is 9.97. The molecule has 3 aromatic rings. The number of benzene rings is 2. The second-order valence-corrected chi connectivity index (χ2v) is 8.47. The number of likely N-dealkylation sites (tertiary alicyclic amines) is 1. The van der Waals surface area contributed by atoms with Gasteiger partial charge in [0.05, 0.1) is 12.5 Å². The summed E-state index contributed by atoms with van der Waals surface area (Å²) in [5, 5.41) is 7.16. The smallest absolute Gasteiger partial charge is 0.241 e. The first-order valence-electron chi connectivity index (χ1n) is 11.2. The van der Waals surface area contributed by atoms with Gasteiger partial charge in [-0.3, -0.25) is 9.69 Å². The molecule has 0 spiro atoms. The van der Waals surface area contributed by atoms with E-state index in [9.17, 15) is 9.18 Å². The zero-order valence-corrected chi connectivity index (χ0v) is 18.4. The molecular weight excluding hydrogens is 407 g/mol. The summed E-state index contributed by atoms with van der Waals surface area (Å²) >= 11 is 0. The minimum atomic E-state index is -0.226. The number of halogens is 1. The summed E-state index contributed by atoms with van der Waals surface area (Å²) in [7, 11) is 0. The molecule has 0 saturated carbocycles. The van der Waals surface area contributed by atoms with Crippen LogP contribution in [0.15, 0.2) is 53.1 Å². The molecule has 4 rings (SSSR count). The van der Waals surface area contributed by atoms with E-state index >= 15 is 0 Å². The standard InChI is InChI=1S/C25H29FN4O2/c1-18-6-10-20(11-7-18)24-28-23(32-29-24)17-30-15-3-5-21(16-30)25(31)27-14-2-4-19-8-12-22(26)13-9-19/h6-13,21H,2-5,14-17H2,1H3,(H,27,31). The van der Waals surface area contributed by atoms with Gasteiger partial charge in [0, 0.05) is 18.7 Å². The molecule has 168 valence electrons. The number of rotatable bonds is 8. The van der Waals surface area contributed by atoms with Crippen molar-refractivity contribution in [1.29, 1.82) is 0 Å². The van der Waals surface area contributed by atoms with Gasteiger partial charge in [-0.15, -0.1) is 0 Å². The topological polar surface area (TPSA) is 71.3 Å². The van der Waals surface area contributed by atoms with Crippen LogP contribution in [-0.4, -0.2) is 40.6 Å². The summed E-state index contributed by atoms with van der Waals surface area (Å²) < 4.78 is 18.4. The minimum absolute atomic E-state index is 0.0333. The van der Waals surface area contributed by atoms with E-state index in [0.717, 1.165) is 43.4 Å². The van der Waals surface area contributed by atoms with Crippen molar-refractivity contribution in [3.05, 3.63) is 71.4 Å². The van der Waals surface area contributed by atoms with Gasteiger partial charge in [0.15, 0.2) is 0 Å². The van der Waals surface area contributed by atoms with Crippen molar-refractivity contribution in [2.75, 3.05) is 19.6 Å². The molecule has 1 aromatic heterocycles. The lowest BCUT2D eigenvalue weighted by Gasteiger charge is -2.30. The maximum atomic E-state index is 13.0. The number of amides is 1. The third-order valence-electron chi connectivity index (χ3n) is 5.87. The second-order valence-electron chi connectivity index (χ2n) is 8.47. The SMILES string of the molecule is Cc1ccc(-c2noc(CN3CCCC(C(=O)NCCCc4ccc(F)cc4)C3)n2)cc1. The lowest BCUT2D eigenvalue weighted by Crippen LogP contribution is -2.43. The average molecular weight is 437 g/mol. The molecule has 1 aliphatic heterocycles. The maximum absolute atomic E-state index is 13.0. The highest BCUT2D eigenvalue weighted by atomic mass is 19.1. The Bertz CT molecular complexity index is 1020. The number of hydrogen-bond acceptors (Lipinski definition) is 5. The molecule has 0 bridgehead atoms. The van der Waals surface area contributed by atoms with Gasteiger partial charge in [-0.2, -0.15) is 4.98 Å². The van der Waals surface area contributed by atoms with E-state index in [2.05, 4.69) is 20.4 Å². The first-order chi connectivity index (χ1) is 15.6. The van der Waals surface area contributed by atoms with E-state index in [0.29, 0.717) is 31.3 Å². The first kappa shape index (κ1) is 22.1. The van der Waals surface area contributed by atoms with Crippen molar-refractivity contribution in [2.45, 2.75) is 39.2 Å². The monoisotopic (exact) mass is 436 g/mol. The Labute approximate surface area is 187 Å². The fraction of sp³-hybridized carbons (Fsp3) is 0.400. The van der Waals surface area contributed by atoms with Crippen LogP contribution in [0.25, 0.3) is 11.4 Å². The summed E-state index contributed by atoms with van der Waals surface area (Å²) in [6, 6.07) is 14.5. The van der Waals surface area contributed by atoms with Crippen molar-refractivity contribution < 1.29 is 13.7 Å². The summed E-state index contributed by atoms with van der Waals surface area (Å²) in [6.07, 6.45) is 3.50. The predicted octanol–water partition coefficient (Wildman–Crippen LogP) is 4.15. The van der Waals surface area contributed by atoms with E-state index in [4.69, 9.17) is 4.52 Å². The second kappa shape index (κ2) is 10.5. The highest BCUT2D eigenvalue weighted by Gasteiger charge is 2.26. The molecule has 1 saturated heterocycles. The van der Waals surface area contributed by atoms with E-state index in [1.165, 1.54) is 17.7 Å². The van der Waals surface area contributed by atoms with Crippen LogP contribution in [0, 0.1) is 18.7 Å². The Morgan fingerprint density at radius 1 is 1.19 bits per heavy atom. The third kappa shape index (κ3) is 6.01. The molecular formula is C25H29FN4O2. The average Bonchev–Trinajstić information content (AvgIpc) is 3.27. The fourth-order valence-corrected chi connectivity index (χ4v) is 4.04. The molecule has 1 amide bonds. The van der Waals surface area contributed by atoms with Crippen LogP contribution in [0.2, 0.25) is 0 Å². The normalized spacial score (nSPS) is 16.8. The largest absolute Gasteiger partial charge is 0.356 e. The van der Waals surface area contributed by atoms with Crippen LogP contribution in [0.1, 0.15) is 36.3 Å². The van der Waals surface area contributed by atoms with Gasteiger partial charge < -0.3 is 9.84 Å².